The molecule has 5 aliphatic rings. The summed E-state index contributed by atoms with van der Waals surface area (Å²) >= 11 is 0. The number of rotatable bonds is 9. The molecule has 8 nitrogen and oxygen atoms in total. The zero-order valence-corrected chi connectivity index (χ0v) is 30.7. The van der Waals surface area contributed by atoms with Crippen LogP contribution in [0.15, 0.2) is 72.3 Å². The maximum absolute atomic E-state index is 13.8. The Kier molecular flexibility index (Phi) is 9.72. The summed E-state index contributed by atoms with van der Waals surface area (Å²) in [5, 5.41) is 10.4. The van der Waals surface area contributed by atoms with E-state index in [1.165, 1.54) is 12.5 Å². The van der Waals surface area contributed by atoms with Crippen molar-refractivity contribution in [2.45, 2.75) is 116 Å². The molecule has 2 aromatic rings. The summed E-state index contributed by atoms with van der Waals surface area (Å²) in [4.78, 5) is 38.5. The van der Waals surface area contributed by atoms with Gasteiger partial charge in [0.1, 0.15) is 17.8 Å². The Morgan fingerprint density at radius 2 is 1.59 bits per heavy atom. The molecule has 12 atom stereocenters. The number of aliphatic hydroxyl groups is 1. The summed E-state index contributed by atoms with van der Waals surface area (Å²) in [6, 6.07) is 18.1. The molecule has 1 aliphatic heterocycles. The molecule has 2 aromatic carbocycles. The topological polar surface area (TPSA) is 108 Å². The van der Waals surface area contributed by atoms with E-state index >= 15 is 0 Å². The predicted octanol–water partition coefficient (Wildman–Crippen LogP) is 7.73. The van der Waals surface area contributed by atoms with Gasteiger partial charge in [-0.2, -0.15) is 0 Å². The van der Waals surface area contributed by atoms with Crippen molar-refractivity contribution in [2.24, 2.45) is 40.4 Å². The summed E-state index contributed by atoms with van der Waals surface area (Å²) in [7, 11) is 0. The molecule has 51 heavy (non-hydrogen) atoms. The Balaban J connectivity index is 1.14. The van der Waals surface area contributed by atoms with Gasteiger partial charge in [0.15, 0.2) is 0 Å². The van der Waals surface area contributed by atoms with Crippen molar-refractivity contribution in [1.82, 2.24) is 0 Å². The molecule has 1 heterocycles. The first kappa shape index (κ1) is 35.9. The predicted molar refractivity (Wildman–Crippen MR) is 192 cm³/mol. The normalized spacial score (nSPS) is 37.8. The number of aliphatic hydroxyl groups excluding tert-OH is 1. The van der Waals surface area contributed by atoms with Gasteiger partial charge in [-0.3, -0.25) is 4.79 Å². The highest BCUT2D eigenvalue weighted by Gasteiger charge is 2.66. The van der Waals surface area contributed by atoms with E-state index in [9.17, 15) is 19.5 Å². The van der Waals surface area contributed by atoms with Gasteiger partial charge in [-0.05, 0) is 112 Å². The number of hydrogen-bond acceptors (Lipinski definition) is 8. The molecule has 0 spiro atoms. The highest BCUT2D eigenvalue weighted by molar-refractivity contribution is 5.90. The summed E-state index contributed by atoms with van der Waals surface area (Å²) in [6.07, 6.45) is 8.58. The Hall–Kier alpha value is -3.49. The molecule has 1 N–H and O–H groups in total. The molecule has 274 valence electrons. The van der Waals surface area contributed by atoms with Crippen LogP contribution in [-0.2, 0) is 23.7 Å². The van der Waals surface area contributed by atoms with Gasteiger partial charge in [0.05, 0.1) is 29.9 Å². The zero-order valence-electron chi connectivity index (χ0n) is 30.7. The third-order valence-corrected chi connectivity index (χ3v) is 13.9. The number of benzene rings is 2. The van der Waals surface area contributed by atoms with E-state index in [0.717, 1.165) is 38.5 Å². The molecule has 1 saturated heterocycles. The monoisotopic (exact) mass is 698 g/mol. The van der Waals surface area contributed by atoms with Crippen LogP contribution >= 0.6 is 0 Å². The van der Waals surface area contributed by atoms with Crippen molar-refractivity contribution in [3.8, 4) is 0 Å². The lowest BCUT2D eigenvalue weighted by Crippen LogP contribution is -2.57. The smallest absolute Gasteiger partial charge is 0.338 e. The first-order chi connectivity index (χ1) is 24.4. The van der Waals surface area contributed by atoms with Crippen molar-refractivity contribution >= 4 is 17.9 Å². The lowest BCUT2D eigenvalue weighted by molar-refractivity contribution is -0.158. The highest BCUT2D eigenvalue weighted by atomic mass is 16.6. The van der Waals surface area contributed by atoms with Crippen molar-refractivity contribution < 1.29 is 38.4 Å². The largest absolute Gasteiger partial charge is 0.463 e. The van der Waals surface area contributed by atoms with E-state index in [1.54, 1.807) is 31.2 Å². The van der Waals surface area contributed by atoms with Crippen molar-refractivity contribution in [3.05, 3.63) is 83.4 Å². The van der Waals surface area contributed by atoms with Crippen LogP contribution in [0.4, 0.5) is 0 Å². The Bertz CT molecular complexity index is 1640. The first-order valence-electron chi connectivity index (χ1n) is 19.1. The molecule has 4 aliphatic carbocycles. The van der Waals surface area contributed by atoms with Gasteiger partial charge in [-0.15, -0.1) is 0 Å². The van der Waals surface area contributed by atoms with Gasteiger partial charge in [-0.25, -0.2) is 9.59 Å². The third kappa shape index (κ3) is 6.45. The molecule has 0 aromatic heterocycles. The van der Waals surface area contributed by atoms with E-state index in [2.05, 4.69) is 26.8 Å². The van der Waals surface area contributed by atoms with E-state index in [4.69, 9.17) is 18.9 Å². The quantitative estimate of drug-likeness (QED) is 0.161. The summed E-state index contributed by atoms with van der Waals surface area (Å²) < 4.78 is 25.1. The van der Waals surface area contributed by atoms with E-state index < -0.39 is 17.0 Å². The van der Waals surface area contributed by atoms with Gasteiger partial charge in [0, 0.05) is 18.3 Å². The molecular formula is C43H54O8. The maximum atomic E-state index is 13.8. The number of carbonyl (C=O) groups excluding carboxylic acids is 3. The van der Waals surface area contributed by atoms with Gasteiger partial charge >= 0.3 is 17.9 Å². The SMILES string of the molecule is CC(=O)O[C@H]1CC[C@@]2(C)[C@@H](CC[C@H]3C4=C[C@@H]5O[C@H](CCC(C)(CO)OC(=O)c6ccccc6)[C@@H](C)[C@@H]5[C@@]4(C)[C@@H](OC(=O)c4ccccc4)C[C@@H]32)C1. The molecular weight excluding hydrogens is 644 g/mol. The van der Waals surface area contributed by atoms with E-state index in [-0.39, 0.29) is 60.2 Å². The maximum Gasteiger partial charge on any atom is 0.338 e. The van der Waals surface area contributed by atoms with Crippen LogP contribution in [0.2, 0.25) is 0 Å². The Morgan fingerprint density at radius 3 is 2.24 bits per heavy atom. The average Bonchev–Trinajstić information content (AvgIpc) is 3.61. The van der Waals surface area contributed by atoms with Crippen LogP contribution < -0.4 is 0 Å². The number of fused-ring (bicyclic) bond motifs is 7. The minimum Gasteiger partial charge on any atom is -0.463 e. The molecule has 7 rings (SSSR count). The third-order valence-electron chi connectivity index (χ3n) is 13.9. The fourth-order valence-electron chi connectivity index (χ4n) is 11.2. The molecule has 0 radical (unpaired) electrons. The minimum absolute atomic E-state index is 0.0246. The fourth-order valence-corrected chi connectivity index (χ4v) is 11.2. The second kappa shape index (κ2) is 13.8. The van der Waals surface area contributed by atoms with Crippen LogP contribution in [-0.4, -0.2) is 59.6 Å². The minimum atomic E-state index is -1.05. The van der Waals surface area contributed by atoms with Crippen LogP contribution in [0.1, 0.15) is 107 Å². The van der Waals surface area contributed by atoms with E-state index in [1.807, 2.05) is 36.4 Å². The average molecular weight is 699 g/mol. The summed E-state index contributed by atoms with van der Waals surface area (Å²) in [6.45, 7) is 10.00. The lowest BCUT2D eigenvalue weighted by Gasteiger charge is -2.61. The lowest BCUT2D eigenvalue weighted by atomic mass is 9.45. The Morgan fingerprint density at radius 1 is 0.922 bits per heavy atom. The second-order valence-corrected chi connectivity index (χ2v) is 16.8. The number of hydrogen-bond donors (Lipinski definition) is 1. The molecule has 0 amide bonds. The van der Waals surface area contributed by atoms with E-state index in [0.29, 0.717) is 41.7 Å². The summed E-state index contributed by atoms with van der Waals surface area (Å²) in [5.41, 5.74) is 1.01. The van der Waals surface area contributed by atoms with Gasteiger partial charge in [0.25, 0.3) is 0 Å². The van der Waals surface area contributed by atoms with Gasteiger partial charge in [-0.1, -0.05) is 68.8 Å². The van der Waals surface area contributed by atoms with Crippen LogP contribution in [0.25, 0.3) is 0 Å². The first-order valence-corrected chi connectivity index (χ1v) is 19.1. The highest BCUT2D eigenvalue weighted by Crippen LogP contribution is 2.69. The Labute approximate surface area is 302 Å². The molecule has 0 bridgehead atoms. The van der Waals surface area contributed by atoms with Crippen molar-refractivity contribution in [3.63, 3.8) is 0 Å². The summed E-state index contributed by atoms with van der Waals surface area (Å²) in [5.74, 6) is 0.480. The van der Waals surface area contributed by atoms with Crippen LogP contribution in [0.3, 0.4) is 0 Å². The van der Waals surface area contributed by atoms with Crippen molar-refractivity contribution in [2.75, 3.05) is 6.61 Å². The number of carbonyl (C=O) groups is 3. The second-order valence-electron chi connectivity index (χ2n) is 16.8. The van der Waals surface area contributed by atoms with Crippen LogP contribution in [0, 0.1) is 40.4 Å². The standard InChI is InChI=1S/C43H54O8/c1-26-35(19-20-41(3,25-44)51-40(47)29-14-10-7-11-15-29)49-36-23-34-32-17-16-30-22-31(48-27(2)45)18-21-42(30,4)33(32)24-37(43(34,5)38(26)36)50-39(46)28-12-8-6-9-13-28/h6-15,23,26,30-33,35-38,44H,16-22,24-25H2,1-5H3/t26-,30+,31+,32-,33+,35-,36+,37+,38+,41?,42+,43-/m1/s1. The fraction of sp³-hybridized carbons (Fsp3) is 0.605. The molecule has 1 unspecified atom stereocenters. The molecule has 3 saturated carbocycles. The number of ether oxygens (including phenoxy) is 4. The van der Waals surface area contributed by atoms with Crippen molar-refractivity contribution in [1.29, 1.82) is 0 Å². The molecule has 4 fully saturated rings. The van der Waals surface area contributed by atoms with Gasteiger partial charge < -0.3 is 24.1 Å². The van der Waals surface area contributed by atoms with Gasteiger partial charge in [0.2, 0.25) is 0 Å². The number of esters is 3. The zero-order chi connectivity index (χ0) is 36.1. The molecule has 8 heteroatoms. The van der Waals surface area contributed by atoms with Crippen LogP contribution in [0.5, 0.6) is 0 Å².